The van der Waals surface area contributed by atoms with Crippen LogP contribution < -0.4 is 9.62 Å². The Morgan fingerprint density at radius 2 is 1.86 bits per heavy atom. The van der Waals surface area contributed by atoms with E-state index in [1.165, 1.54) is 29.4 Å². The molecular weight excluding hydrogens is 389 g/mol. The molecule has 1 atom stereocenters. The lowest BCUT2D eigenvalue weighted by Crippen LogP contribution is -2.36. The van der Waals surface area contributed by atoms with Gasteiger partial charge in [0.2, 0.25) is 10.0 Å². The molecule has 29 heavy (non-hydrogen) atoms. The lowest BCUT2D eigenvalue weighted by molar-refractivity contribution is 0.246. The van der Waals surface area contributed by atoms with Gasteiger partial charge in [-0.2, -0.15) is 0 Å². The number of hydrogen-bond donors (Lipinski definition) is 1. The van der Waals surface area contributed by atoms with Crippen molar-refractivity contribution in [1.29, 1.82) is 0 Å². The quantitative estimate of drug-likeness (QED) is 0.784. The van der Waals surface area contributed by atoms with E-state index in [2.05, 4.69) is 39.8 Å². The molecule has 1 fully saturated rings. The van der Waals surface area contributed by atoms with Gasteiger partial charge in [-0.3, -0.25) is 4.90 Å². The first-order valence-electron chi connectivity index (χ1n) is 10.2. The molecule has 0 unspecified atom stereocenters. The van der Waals surface area contributed by atoms with Crippen LogP contribution in [0.5, 0.6) is 0 Å². The lowest BCUT2D eigenvalue weighted by atomic mass is 10.0. The van der Waals surface area contributed by atoms with Crippen LogP contribution in [0.25, 0.3) is 0 Å². The molecule has 2 aliphatic rings. The number of likely N-dealkylation sites (tertiary alicyclic amines) is 1. The monoisotopic (exact) mass is 417 g/mol. The van der Waals surface area contributed by atoms with Crippen molar-refractivity contribution >= 4 is 15.7 Å². The molecule has 2 aromatic rings. The van der Waals surface area contributed by atoms with E-state index < -0.39 is 15.8 Å². The molecule has 0 bridgehead atoms. The van der Waals surface area contributed by atoms with Crippen molar-refractivity contribution in [3.05, 3.63) is 58.9 Å². The third-order valence-electron chi connectivity index (χ3n) is 6.10. The zero-order chi connectivity index (χ0) is 20.6. The number of anilines is 1. The Balaban J connectivity index is 1.57. The number of halogens is 1. The third kappa shape index (κ3) is 4.17. The minimum absolute atomic E-state index is 0.00923. The summed E-state index contributed by atoms with van der Waals surface area (Å²) >= 11 is 0. The highest BCUT2D eigenvalue weighted by molar-refractivity contribution is 7.89. The first-order valence-corrected chi connectivity index (χ1v) is 11.7. The van der Waals surface area contributed by atoms with Crippen LogP contribution in [0.4, 0.5) is 10.1 Å². The summed E-state index contributed by atoms with van der Waals surface area (Å²) in [7, 11) is -1.60. The number of nitrogens with zero attached hydrogens (tertiary/aromatic N) is 2. The number of hydrogen-bond acceptors (Lipinski definition) is 4. The molecule has 2 heterocycles. The lowest BCUT2D eigenvalue weighted by Gasteiger charge is -2.29. The fourth-order valence-corrected chi connectivity index (χ4v) is 5.48. The molecule has 5 nitrogen and oxygen atoms in total. The smallest absolute Gasteiger partial charge is 0.240 e. The van der Waals surface area contributed by atoms with E-state index in [4.69, 9.17) is 0 Å². The topological polar surface area (TPSA) is 52.7 Å². The van der Waals surface area contributed by atoms with Crippen LogP contribution in [0.15, 0.2) is 41.3 Å². The molecule has 4 rings (SSSR count). The minimum Gasteiger partial charge on any atom is -0.374 e. The van der Waals surface area contributed by atoms with Crippen LogP contribution in [0.3, 0.4) is 0 Å². The largest absolute Gasteiger partial charge is 0.374 e. The second kappa shape index (κ2) is 8.05. The predicted octanol–water partition coefficient (Wildman–Crippen LogP) is 3.24. The van der Waals surface area contributed by atoms with Crippen molar-refractivity contribution in [3.8, 4) is 0 Å². The summed E-state index contributed by atoms with van der Waals surface area (Å²) in [6.07, 6.45) is 3.29. The number of aryl methyl sites for hydroxylation is 1. The summed E-state index contributed by atoms with van der Waals surface area (Å²) in [5, 5.41) is 0. The van der Waals surface area contributed by atoms with Crippen molar-refractivity contribution < 1.29 is 12.8 Å². The minimum atomic E-state index is -3.70. The van der Waals surface area contributed by atoms with Gasteiger partial charge in [-0.25, -0.2) is 17.5 Å². The summed E-state index contributed by atoms with van der Waals surface area (Å²) < 4.78 is 41.9. The highest BCUT2D eigenvalue weighted by Gasteiger charge is 2.27. The fraction of sp³-hybridized carbons (Fsp3) is 0.455. The van der Waals surface area contributed by atoms with E-state index >= 15 is 0 Å². The predicted molar refractivity (Wildman–Crippen MR) is 113 cm³/mol. The number of nitrogens with one attached hydrogen (secondary N) is 1. The molecule has 1 saturated heterocycles. The zero-order valence-corrected chi connectivity index (χ0v) is 17.8. The van der Waals surface area contributed by atoms with Gasteiger partial charge < -0.3 is 4.90 Å². The maximum absolute atomic E-state index is 13.5. The average molecular weight is 418 g/mol. The second-order valence-corrected chi connectivity index (χ2v) is 9.85. The first kappa shape index (κ1) is 20.3. The van der Waals surface area contributed by atoms with Gasteiger partial charge in [0.05, 0.1) is 4.90 Å². The first-order chi connectivity index (χ1) is 13.8. The molecule has 0 radical (unpaired) electrons. The molecule has 156 valence electrons. The number of likely N-dealkylation sites (N-methyl/N-ethyl adjacent to an activating group) is 1. The van der Waals surface area contributed by atoms with E-state index in [1.807, 2.05) is 0 Å². The van der Waals surface area contributed by atoms with Gasteiger partial charge in [-0.1, -0.05) is 12.1 Å². The molecule has 0 amide bonds. The summed E-state index contributed by atoms with van der Waals surface area (Å²) in [5.74, 6) is -0.401. The third-order valence-corrected chi connectivity index (χ3v) is 7.53. The standard InChI is InChI=1S/C22H28FN3O2S/c1-16-13-19(6-7-20(16)23)29(27,28)24-15-22(26-10-3-4-11-26)17-5-8-21-18(14-17)9-12-25(21)2/h5-8,13-14,22,24H,3-4,9-12,15H2,1-2H3/t22-/m0/s1. The SMILES string of the molecule is Cc1cc(S(=O)(=O)NC[C@@H](c2ccc3c(c2)CCN3C)N2CCCC2)ccc1F. The van der Waals surface area contributed by atoms with Crippen molar-refractivity contribution in [2.45, 2.75) is 37.1 Å². The molecular formula is C22H28FN3O2S. The molecule has 7 heteroatoms. The average Bonchev–Trinajstić information content (AvgIpc) is 3.34. The molecule has 0 saturated carbocycles. The van der Waals surface area contributed by atoms with Gasteiger partial charge in [-0.15, -0.1) is 0 Å². The molecule has 0 spiro atoms. The van der Waals surface area contributed by atoms with Gasteiger partial charge in [-0.05, 0) is 80.2 Å². The number of rotatable bonds is 6. The second-order valence-electron chi connectivity index (χ2n) is 8.08. The Bertz CT molecular complexity index is 1000. The Kier molecular flexibility index (Phi) is 5.64. The van der Waals surface area contributed by atoms with Gasteiger partial charge in [0.1, 0.15) is 5.82 Å². The van der Waals surface area contributed by atoms with Gasteiger partial charge >= 0.3 is 0 Å². The number of fused-ring (bicyclic) bond motifs is 1. The molecule has 0 aromatic heterocycles. The molecule has 2 aliphatic heterocycles. The van der Waals surface area contributed by atoms with Crippen LogP contribution in [0, 0.1) is 12.7 Å². The summed E-state index contributed by atoms with van der Waals surface area (Å²) in [6.45, 7) is 4.83. The van der Waals surface area contributed by atoms with Crippen LogP contribution in [-0.4, -0.2) is 46.5 Å². The van der Waals surface area contributed by atoms with E-state index in [0.717, 1.165) is 44.5 Å². The maximum Gasteiger partial charge on any atom is 0.240 e. The Hall–Kier alpha value is -1.96. The summed E-state index contributed by atoms with van der Waals surface area (Å²) in [6, 6.07) is 10.4. The van der Waals surface area contributed by atoms with Crippen LogP contribution in [0.2, 0.25) is 0 Å². The Morgan fingerprint density at radius 3 is 2.59 bits per heavy atom. The number of benzene rings is 2. The maximum atomic E-state index is 13.5. The summed E-state index contributed by atoms with van der Waals surface area (Å²) in [4.78, 5) is 4.72. The van der Waals surface area contributed by atoms with Crippen molar-refractivity contribution in [1.82, 2.24) is 9.62 Å². The Labute approximate surface area is 172 Å². The van der Waals surface area contributed by atoms with Gasteiger partial charge in [0, 0.05) is 31.9 Å². The van der Waals surface area contributed by atoms with Crippen molar-refractivity contribution in [3.63, 3.8) is 0 Å². The van der Waals surface area contributed by atoms with Crippen LogP contribution in [0.1, 0.15) is 35.6 Å². The zero-order valence-electron chi connectivity index (χ0n) is 17.0. The normalized spacial score (nSPS) is 18.2. The molecule has 2 aromatic carbocycles. The van der Waals surface area contributed by atoms with Gasteiger partial charge in [0.25, 0.3) is 0 Å². The summed E-state index contributed by atoms with van der Waals surface area (Å²) in [5.41, 5.74) is 4.06. The Morgan fingerprint density at radius 1 is 1.10 bits per heavy atom. The fourth-order valence-electron chi connectivity index (χ4n) is 4.36. The number of sulfonamides is 1. The van der Waals surface area contributed by atoms with Gasteiger partial charge in [0.15, 0.2) is 0 Å². The molecule has 1 N–H and O–H groups in total. The highest BCUT2D eigenvalue weighted by atomic mass is 32.2. The van der Waals surface area contributed by atoms with Crippen LogP contribution in [-0.2, 0) is 16.4 Å². The van der Waals surface area contributed by atoms with E-state index in [-0.39, 0.29) is 10.9 Å². The van der Waals surface area contributed by atoms with E-state index in [9.17, 15) is 12.8 Å². The van der Waals surface area contributed by atoms with E-state index in [1.54, 1.807) is 6.92 Å². The van der Waals surface area contributed by atoms with Crippen LogP contribution >= 0.6 is 0 Å². The highest BCUT2D eigenvalue weighted by Crippen LogP contribution is 2.32. The van der Waals surface area contributed by atoms with Crippen molar-refractivity contribution in [2.24, 2.45) is 0 Å². The van der Waals surface area contributed by atoms with E-state index in [0.29, 0.717) is 12.1 Å². The van der Waals surface area contributed by atoms with Crippen molar-refractivity contribution in [2.75, 3.05) is 38.1 Å². The molecule has 0 aliphatic carbocycles.